The fourth-order valence-corrected chi connectivity index (χ4v) is 3.65. The highest BCUT2D eigenvalue weighted by Gasteiger charge is 2.13. The molecule has 8 heteroatoms. The second-order valence-corrected chi connectivity index (χ2v) is 8.88. The van der Waals surface area contributed by atoms with E-state index in [-0.39, 0.29) is 6.54 Å². The third-order valence-electron chi connectivity index (χ3n) is 4.81. The minimum atomic E-state index is -3.26. The van der Waals surface area contributed by atoms with Crippen molar-refractivity contribution in [3.63, 3.8) is 0 Å². The summed E-state index contributed by atoms with van der Waals surface area (Å²) in [5.41, 5.74) is 3.90. The van der Waals surface area contributed by atoms with Crippen LogP contribution in [-0.2, 0) is 29.4 Å². The molecule has 0 saturated heterocycles. The molecule has 2 aromatic carbocycles. The van der Waals surface area contributed by atoms with Crippen molar-refractivity contribution >= 4 is 27.0 Å². The number of hydrogen-bond acceptors (Lipinski definition) is 3. The summed E-state index contributed by atoms with van der Waals surface area (Å²) in [6.07, 6.45) is 3.32. The van der Waals surface area contributed by atoms with Crippen molar-refractivity contribution in [3.05, 3.63) is 71.4 Å². The molecule has 0 radical (unpaired) electrons. The van der Waals surface area contributed by atoms with Crippen molar-refractivity contribution in [1.29, 1.82) is 0 Å². The van der Waals surface area contributed by atoms with Crippen LogP contribution in [0.15, 0.2) is 54.7 Å². The summed E-state index contributed by atoms with van der Waals surface area (Å²) in [6.45, 7) is 1.05. The maximum absolute atomic E-state index is 11.6. The lowest BCUT2D eigenvalue weighted by Crippen LogP contribution is -2.33. The molecule has 0 aliphatic heterocycles. The topological polar surface area (TPSA) is 103 Å². The van der Waals surface area contributed by atoms with Gasteiger partial charge in [-0.05, 0) is 41.7 Å². The predicted molar refractivity (Wildman–Crippen MR) is 113 cm³/mol. The summed E-state index contributed by atoms with van der Waals surface area (Å²) in [6, 6.07) is 15.5. The first kappa shape index (κ1) is 20.9. The molecule has 0 unspecified atom stereocenters. The number of nitrogens with one attached hydrogen (secondary N) is 2. The van der Waals surface area contributed by atoms with Gasteiger partial charge in [0.15, 0.2) is 0 Å². The van der Waals surface area contributed by atoms with Crippen molar-refractivity contribution < 1.29 is 18.3 Å². The Bertz CT molecular complexity index is 1080. The summed E-state index contributed by atoms with van der Waals surface area (Å²) in [5, 5.41) is 10.5. The van der Waals surface area contributed by atoms with Crippen LogP contribution >= 0.6 is 0 Å². The van der Waals surface area contributed by atoms with Gasteiger partial charge in [0.05, 0.1) is 6.26 Å². The van der Waals surface area contributed by atoms with Crippen molar-refractivity contribution in [2.24, 2.45) is 0 Å². The third-order valence-corrected chi connectivity index (χ3v) is 5.47. The molecule has 0 spiro atoms. The molecule has 0 bridgehead atoms. The molecule has 0 aliphatic rings. The largest absolute Gasteiger partial charge is 0.465 e. The molecule has 0 saturated carbocycles. The van der Waals surface area contributed by atoms with Crippen molar-refractivity contribution in [3.8, 4) is 0 Å². The zero-order valence-corrected chi connectivity index (χ0v) is 17.1. The molecular formula is C21H25N3O4S. The van der Waals surface area contributed by atoms with Crippen molar-refractivity contribution in [2.75, 3.05) is 19.3 Å². The minimum absolute atomic E-state index is 0.220. The maximum Gasteiger partial charge on any atom is 0.407 e. The number of sulfonamides is 1. The second-order valence-electron chi connectivity index (χ2n) is 7.04. The van der Waals surface area contributed by atoms with Gasteiger partial charge in [-0.25, -0.2) is 17.9 Å². The Morgan fingerprint density at radius 3 is 2.48 bits per heavy atom. The van der Waals surface area contributed by atoms with Gasteiger partial charge in [-0.2, -0.15) is 0 Å². The highest BCUT2D eigenvalue weighted by Crippen LogP contribution is 2.21. The quantitative estimate of drug-likeness (QED) is 0.500. The minimum Gasteiger partial charge on any atom is -0.465 e. The monoisotopic (exact) mass is 415 g/mol. The van der Waals surface area contributed by atoms with Crippen LogP contribution in [0.25, 0.3) is 10.9 Å². The number of aromatic amines is 1. The highest BCUT2D eigenvalue weighted by molar-refractivity contribution is 7.88. The Labute approximate surface area is 170 Å². The SMILES string of the molecule is CS(=O)(=O)NCc1ccc2[nH]cc(CCN(CCc3ccccc3)C(=O)O)c2c1. The summed E-state index contributed by atoms with van der Waals surface area (Å²) >= 11 is 0. The molecule has 3 aromatic rings. The Morgan fingerprint density at radius 2 is 1.79 bits per heavy atom. The Morgan fingerprint density at radius 1 is 1.07 bits per heavy atom. The molecule has 1 heterocycles. The zero-order chi connectivity index (χ0) is 20.9. The van der Waals surface area contributed by atoms with E-state index in [2.05, 4.69) is 9.71 Å². The van der Waals surface area contributed by atoms with Crippen LogP contribution in [0, 0.1) is 0 Å². The van der Waals surface area contributed by atoms with E-state index in [4.69, 9.17) is 0 Å². The molecule has 3 rings (SSSR count). The van der Waals surface area contributed by atoms with Crippen LogP contribution in [-0.4, -0.2) is 48.8 Å². The molecule has 1 amide bonds. The molecule has 1 aromatic heterocycles. The highest BCUT2D eigenvalue weighted by atomic mass is 32.2. The van der Waals surface area contributed by atoms with Gasteiger partial charge in [-0.3, -0.25) is 0 Å². The number of nitrogens with zero attached hydrogens (tertiary/aromatic N) is 1. The van der Waals surface area contributed by atoms with E-state index >= 15 is 0 Å². The van der Waals surface area contributed by atoms with Gasteiger partial charge in [-0.15, -0.1) is 0 Å². The summed E-state index contributed by atoms with van der Waals surface area (Å²) < 4.78 is 25.1. The lowest BCUT2D eigenvalue weighted by atomic mass is 10.1. The first-order valence-corrected chi connectivity index (χ1v) is 11.3. The van der Waals surface area contributed by atoms with E-state index in [1.807, 2.05) is 54.7 Å². The van der Waals surface area contributed by atoms with Gasteiger partial charge >= 0.3 is 6.09 Å². The number of hydrogen-bond donors (Lipinski definition) is 3. The average Bonchev–Trinajstić information content (AvgIpc) is 3.08. The van der Waals surface area contributed by atoms with E-state index in [9.17, 15) is 18.3 Å². The molecule has 3 N–H and O–H groups in total. The number of H-pyrrole nitrogens is 1. The van der Waals surface area contributed by atoms with E-state index in [0.717, 1.165) is 33.8 Å². The molecule has 29 heavy (non-hydrogen) atoms. The summed E-state index contributed by atoms with van der Waals surface area (Å²) in [4.78, 5) is 16.3. The Kier molecular flexibility index (Phi) is 6.56. The summed E-state index contributed by atoms with van der Waals surface area (Å²) in [5.74, 6) is 0. The third kappa shape index (κ3) is 6.07. The van der Waals surface area contributed by atoms with Crippen molar-refractivity contribution in [1.82, 2.24) is 14.6 Å². The number of aromatic nitrogens is 1. The number of rotatable bonds is 9. The molecule has 0 aliphatic carbocycles. The van der Waals surface area contributed by atoms with E-state index < -0.39 is 16.1 Å². The maximum atomic E-state index is 11.6. The van der Waals surface area contributed by atoms with E-state index in [1.54, 1.807) is 0 Å². The van der Waals surface area contributed by atoms with Gasteiger partial charge in [0, 0.05) is 36.7 Å². The summed E-state index contributed by atoms with van der Waals surface area (Å²) in [7, 11) is -3.26. The zero-order valence-electron chi connectivity index (χ0n) is 16.3. The number of carboxylic acid groups (broad SMARTS) is 1. The predicted octanol–water partition coefficient (Wildman–Crippen LogP) is 2.98. The molecular weight excluding hydrogens is 390 g/mol. The normalized spacial score (nSPS) is 11.6. The Balaban J connectivity index is 1.66. The van der Waals surface area contributed by atoms with Crippen molar-refractivity contribution in [2.45, 2.75) is 19.4 Å². The number of fused-ring (bicyclic) bond motifs is 1. The molecule has 154 valence electrons. The fraction of sp³-hybridized carbons (Fsp3) is 0.286. The van der Waals surface area contributed by atoms with Crippen LogP contribution in [0.3, 0.4) is 0 Å². The molecule has 7 nitrogen and oxygen atoms in total. The Hall–Kier alpha value is -2.84. The molecule has 0 atom stereocenters. The van der Waals surface area contributed by atoms with Gasteiger partial charge in [0.25, 0.3) is 0 Å². The van der Waals surface area contributed by atoms with E-state index in [0.29, 0.717) is 25.9 Å². The van der Waals surface area contributed by atoms with Gasteiger partial charge < -0.3 is 15.0 Å². The van der Waals surface area contributed by atoms with Crippen LogP contribution in [0.1, 0.15) is 16.7 Å². The number of amides is 1. The van der Waals surface area contributed by atoms with Gasteiger partial charge in [-0.1, -0.05) is 36.4 Å². The number of carbonyl (C=O) groups is 1. The second kappa shape index (κ2) is 9.11. The number of benzene rings is 2. The van der Waals surface area contributed by atoms with Gasteiger partial charge in [0.2, 0.25) is 10.0 Å². The fourth-order valence-electron chi connectivity index (χ4n) is 3.22. The van der Waals surface area contributed by atoms with Crippen LogP contribution in [0.4, 0.5) is 4.79 Å². The van der Waals surface area contributed by atoms with Crippen LogP contribution in [0.2, 0.25) is 0 Å². The standard InChI is InChI=1S/C21H25N3O4S/c1-29(27,28)23-14-17-7-8-20-19(13-17)18(15-22-20)10-12-24(21(25)26)11-9-16-5-3-2-4-6-16/h2-8,13,15,22-23H,9-12,14H2,1H3,(H,25,26). The lowest BCUT2D eigenvalue weighted by molar-refractivity contribution is 0.146. The van der Waals surface area contributed by atoms with Crippen LogP contribution in [0.5, 0.6) is 0 Å². The van der Waals surface area contributed by atoms with Crippen LogP contribution < -0.4 is 4.72 Å². The smallest absolute Gasteiger partial charge is 0.407 e. The van der Waals surface area contributed by atoms with Gasteiger partial charge in [0.1, 0.15) is 0 Å². The first-order chi connectivity index (χ1) is 13.8. The average molecular weight is 416 g/mol. The molecule has 0 fully saturated rings. The van der Waals surface area contributed by atoms with E-state index in [1.165, 1.54) is 4.90 Å². The first-order valence-electron chi connectivity index (χ1n) is 9.37. The lowest BCUT2D eigenvalue weighted by Gasteiger charge is -2.19.